The summed E-state index contributed by atoms with van der Waals surface area (Å²) in [7, 11) is -1.64. The molecule has 6 rings (SSSR count). The SMILES string of the molecule is COc1ccc2c3c1O[C@@H]1C(F)CCC4[C@H](C2)N(S(=O)(=O)C2CC2)CC[C@]341. The number of methoxy groups -OCH3 is 1. The summed E-state index contributed by atoms with van der Waals surface area (Å²) in [4.78, 5) is 0. The van der Waals surface area contributed by atoms with Crippen LogP contribution >= 0.6 is 0 Å². The molecule has 2 bridgehead atoms. The molecule has 1 aromatic carbocycles. The van der Waals surface area contributed by atoms with Gasteiger partial charge >= 0.3 is 0 Å². The van der Waals surface area contributed by atoms with Crippen molar-refractivity contribution in [3.8, 4) is 11.5 Å². The van der Waals surface area contributed by atoms with E-state index in [2.05, 4.69) is 0 Å². The molecule has 2 unspecified atom stereocenters. The van der Waals surface area contributed by atoms with Gasteiger partial charge in [0.15, 0.2) is 11.5 Å². The van der Waals surface area contributed by atoms with Crippen LogP contribution in [0.15, 0.2) is 12.1 Å². The van der Waals surface area contributed by atoms with Gasteiger partial charge in [-0.25, -0.2) is 12.8 Å². The predicted molar refractivity (Wildman–Crippen MR) is 97.5 cm³/mol. The smallest absolute Gasteiger partial charge is 0.217 e. The highest BCUT2D eigenvalue weighted by molar-refractivity contribution is 7.90. The minimum Gasteiger partial charge on any atom is -0.493 e. The quantitative estimate of drug-likeness (QED) is 0.792. The van der Waals surface area contributed by atoms with Crippen molar-refractivity contribution < 1.29 is 22.3 Å². The molecule has 5 nitrogen and oxygen atoms in total. The molecule has 0 N–H and O–H groups in total. The fourth-order valence-corrected chi connectivity index (χ4v) is 8.53. The molecule has 7 heteroatoms. The number of sulfonamides is 1. The van der Waals surface area contributed by atoms with Crippen LogP contribution in [0.1, 0.15) is 43.2 Å². The Bertz CT molecular complexity index is 930. The Labute approximate surface area is 158 Å². The lowest BCUT2D eigenvalue weighted by atomic mass is 9.52. The standard InChI is InChI=1S/C20H24FNO4S/c1-25-16-7-2-11-10-15-13-5-6-14(21)19-20(13,17(11)18(16)26-19)8-9-22(15)27(23,24)12-3-4-12/h2,7,12-15,19H,3-6,8-10H2,1H3/t13?,14?,15-,19+,20+/m0/s1. The molecule has 2 heterocycles. The third-order valence-electron chi connectivity index (χ3n) is 7.67. The lowest BCUT2D eigenvalue weighted by Gasteiger charge is -2.58. The molecule has 146 valence electrons. The summed E-state index contributed by atoms with van der Waals surface area (Å²) in [5.41, 5.74) is 1.81. The summed E-state index contributed by atoms with van der Waals surface area (Å²) in [6.45, 7) is 0.475. The Morgan fingerprint density at radius 1 is 1.26 bits per heavy atom. The molecule has 1 spiro atoms. The Morgan fingerprint density at radius 3 is 2.81 bits per heavy atom. The molecule has 0 aromatic heterocycles. The number of halogens is 1. The average molecular weight is 393 g/mol. The maximum absolute atomic E-state index is 15.0. The zero-order chi connectivity index (χ0) is 18.6. The second-order valence-electron chi connectivity index (χ2n) is 8.79. The number of benzene rings is 1. The molecule has 1 saturated heterocycles. The van der Waals surface area contributed by atoms with Gasteiger partial charge in [0.2, 0.25) is 10.0 Å². The Morgan fingerprint density at radius 2 is 2.07 bits per heavy atom. The lowest BCUT2D eigenvalue weighted by molar-refractivity contribution is -0.0637. The van der Waals surface area contributed by atoms with E-state index in [9.17, 15) is 8.42 Å². The first-order valence-electron chi connectivity index (χ1n) is 10.00. The molecule has 0 radical (unpaired) electrons. The molecule has 3 aliphatic carbocycles. The largest absolute Gasteiger partial charge is 0.493 e. The van der Waals surface area contributed by atoms with E-state index in [0.29, 0.717) is 37.3 Å². The van der Waals surface area contributed by atoms with E-state index in [4.69, 9.17) is 9.47 Å². The number of rotatable bonds is 3. The van der Waals surface area contributed by atoms with Gasteiger partial charge < -0.3 is 9.47 Å². The summed E-state index contributed by atoms with van der Waals surface area (Å²) in [6.07, 6.45) is 2.51. The molecule has 2 saturated carbocycles. The number of nitrogens with zero attached hydrogens (tertiary/aromatic N) is 1. The molecule has 0 amide bonds. The van der Waals surface area contributed by atoms with Crippen LogP contribution in [0.25, 0.3) is 0 Å². The number of hydrogen-bond acceptors (Lipinski definition) is 4. The van der Waals surface area contributed by atoms with Crippen molar-refractivity contribution in [2.45, 2.75) is 67.5 Å². The summed E-state index contributed by atoms with van der Waals surface area (Å²) in [5.74, 6) is 1.49. The molecule has 27 heavy (non-hydrogen) atoms. The summed E-state index contributed by atoms with van der Waals surface area (Å²) < 4.78 is 54.7. The van der Waals surface area contributed by atoms with Gasteiger partial charge in [-0.3, -0.25) is 0 Å². The molecule has 5 atom stereocenters. The van der Waals surface area contributed by atoms with E-state index in [1.807, 2.05) is 12.1 Å². The first kappa shape index (κ1) is 16.6. The lowest BCUT2D eigenvalue weighted by Crippen LogP contribution is -2.67. The minimum atomic E-state index is -3.25. The van der Waals surface area contributed by atoms with Crippen molar-refractivity contribution in [3.05, 3.63) is 23.3 Å². The first-order chi connectivity index (χ1) is 13.0. The molecular weight excluding hydrogens is 369 g/mol. The van der Waals surface area contributed by atoms with Gasteiger partial charge in [0, 0.05) is 23.6 Å². The second-order valence-corrected chi connectivity index (χ2v) is 11.0. The fourth-order valence-electron chi connectivity index (χ4n) is 6.47. The van der Waals surface area contributed by atoms with E-state index in [1.165, 1.54) is 0 Å². The van der Waals surface area contributed by atoms with Crippen LogP contribution in [0.3, 0.4) is 0 Å². The van der Waals surface area contributed by atoms with E-state index in [-0.39, 0.29) is 17.2 Å². The molecule has 2 aliphatic heterocycles. The zero-order valence-electron chi connectivity index (χ0n) is 15.4. The highest BCUT2D eigenvalue weighted by Crippen LogP contribution is 2.64. The Kier molecular flexibility index (Phi) is 3.18. The molecular formula is C20H24FNO4S. The van der Waals surface area contributed by atoms with Crippen LogP contribution in [0.5, 0.6) is 11.5 Å². The number of ether oxygens (including phenoxy) is 2. The van der Waals surface area contributed by atoms with Gasteiger partial charge in [0.1, 0.15) is 12.3 Å². The highest BCUT2D eigenvalue weighted by Gasteiger charge is 2.67. The normalized spacial score (nSPS) is 39.6. The number of alkyl halides is 1. The van der Waals surface area contributed by atoms with Crippen molar-refractivity contribution in [2.75, 3.05) is 13.7 Å². The Balaban J connectivity index is 1.55. The van der Waals surface area contributed by atoms with E-state index in [1.54, 1.807) is 11.4 Å². The Hall–Kier alpha value is -1.34. The van der Waals surface area contributed by atoms with Crippen molar-refractivity contribution in [2.24, 2.45) is 5.92 Å². The van der Waals surface area contributed by atoms with E-state index in [0.717, 1.165) is 30.4 Å². The molecule has 1 aromatic rings. The minimum absolute atomic E-state index is 0.0743. The van der Waals surface area contributed by atoms with Gasteiger partial charge in [-0.15, -0.1) is 0 Å². The van der Waals surface area contributed by atoms with Crippen LogP contribution in [0.4, 0.5) is 4.39 Å². The van der Waals surface area contributed by atoms with Crippen molar-refractivity contribution >= 4 is 10.0 Å². The monoisotopic (exact) mass is 393 g/mol. The predicted octanol–water partition coefficient (Wildman–Crippen LogP) is 2.56. The third kappa shape index (κ3) is 1.90. The van der Waals surface area contributed by atoms with Crippen LogP contribution in [0.2, 0.25) is 0 Å². The maximum Gasteiger partial charge on any atom is 0.217 e. The van der Waals surface area contributed by atoms with E-state index < -0.39 is 27.7 Å². The summed E-state index contributed by atoms with van der Waals surface area (Å²) in [5, 5.41) is -0.201. The van der Waals surface area contributed by atoms with Crippen LogP contribution < -0.4 is 9.47 Å². The summed E-state index contributed by atoms with van der Waals surface area (Å²) >= 11 is 0. The van der Waals surface area contributed by atoms with Gasteiger partial charge in [-0.05, 0) is 56.1 Å². The van der Waals surface area contributed by atoms with Crippen molar-refractivity contribution in [1.29, 1.82) is 0 Å². The highest BCUT2D eigenvalue weighted by atomic mass is 32.2. The zero-order valence-corrected chi connectivity index (χ0v) is 16.2. The van der Waals surface area contributed by atoms with Gasteiger partial charge in [-0.2, -0.15) is 4.31 Å². The number of piperidine rings is 1. The maximum atomic E-state index is 15.0. The van der Waals surface area contributed by atoms with Gasteiger partial charge in [-0.1, -0.05) is 6.07 Å². The van der Waals surface area contributed by atoms with E-state index >= 15 is 4.39 Å². The van der Waals surface area contributed by atoms with Crippen molar-refractivity contribution in [3.63, 3.8) is 0 Å². The third-order valence-corrected chi connectivity index (χ3v) is 10.1. The van der Waals surface area contributed by atoms with Crippen molar-refractivity contribution in [1.82, 2.24) is 4.31 Å². The number of hydrogen-bond donors (Lipinski definition) is 0. The summed E-state index contributed by atoms with van der Waals surface area (Å²) in [6, 6.07) is 3.84. The van der Waals surface area contributed by atoms with Crippen LogP contribution in [-0.2, 0) is 21.9 Å². The fraction of sp³-hybridized carbons (Fsp3) is 0.700. The second kappa shape index (κ2) is 5.17. The first-order valence-corrected chi connectivity index (χ1v) is 11.5. The van der Waals surface area contributed by atoms with Gasteiger partial charge in [0.05, 0.1) is 12.4 Å². The van der Waals surface area contributed by atoms with Crippen LogP contribution in [0, 0.1) is 5.92 Å². The van der Waals surface area contributed by atoms with Crippen LogP contribution in [-0.4, -0.2) is 49.9 Å². The molecule has 5 aliphatic rings. The topological polar surface area (TPSA) is 55.8 Å². The average Bonchev–Trinajstić information content (AvgIpc) is 3.44. The van der Waals surface area contributed by atoms with Gasteiger partial charge in [0.25, 0.3) is 0 Å². The molecule has 3 fully saturated rings.